The van der Waals surface area contributed by atoms with Crippen LogP contribution < -0.4 is 5.32 Å². The molecule has 0 aliphatic rings. The van der Waals surface area contributed by atoms with E-state index in [0.717, 1.165) is 27.3 Å². The lowest BCUT2D eigenvalue weighted by molar-refractivity contribution is -0.150. The largest absolute Gasteiger partial charge is 0.452 e. The average Bonchev–Trinajstić information content (AvgIpc) is 2.57. The minimum Gasteiger partial charge on any atom is -0.452 e. The Balaban J connectivity index is 1.88. The molecule has 2 aromatic rings. The smallest absolute Gasteiger partial charge is 0.317 e. The van der Waals surface area contributed by atoms with Gasteiger partial charge in [0, 0.05) is 10.6 Å². The fourth-order valence-corrected chi connectivity index (χ4v) is 3.19. The van der Waals surface area contributed by atoms with Gasteiger partial charge in [0.25, 0.3) is 5.91 Å². The molecule has 0 aliphatic carbocycles. The molecule has 0 unspecified atom stereocenters. The first-order valence-corrected chi connectivity index (χ1v) is 9.12. The van der Waals surface area contributed by atoms with E-state index in [2.05, 4.69) is 5.32 Å². The lowest BCUT2D eigenvalue weighted by atomic mass is 10.1. The second-order valence-electron chi connectivity index (χ2n) is 5.94. The number of esters is 1. The Hall–Kier alpha value is -2.27. The molecule has 2 rings (SSSR count). The summed E-state index contributed by atoms with van der Waals surface area (Å²) in [5, 5.41) is 2.84. The number of nitrogens with one attached hydrogen (secondary N) is 1. The van der Waals surface area contributed by atoms with Crippen LogP contribution in [0.2, 0.25) is 0 Å². The van der Waals surface area contributed by atoms with E-state index in [9.17, 15) is 9.59 Å². The van der Waals surface area contributed by atoms with Crippen molar-refractivity contribution in [1.29, 1.82) is 0 Å². The van der Waals surface area contributed by atoms with Gasteiger partial charge in [-0.15, -0.1) is 11.8 Å². The van der Waals surface area contributed by atoms with Gasteiger partial charge in [-0.25, -0.2) is 0 Å². The van der Waals surface area contributed by atoms with Crippen LogP contribution in [0.1, 0.15) is 23.6 Å². The zero-order valence-electron chi connectivity index (χ0n) is 15.0. The Kier molecular flexibility index (Phi) is 6.65. The number of hydrogen-bond donors (Lipinski definition) is 1. The predicted octanol–water partition coefficient (Wildman–Crippen LogP) is 4.27. The summed E-state index contributed by atoms with van der Waals surface area (Å²) in [6, 6.07) is 13.6. The molecule has 1 N–H and O–H groups in total. The summed E-state index contributed by atoms with van der Waals surface area (Å²) in [6.45, 7) is 7.43. The molecule has 0 heterocycles. The van der Waals surface area contributed by atoms with Crippen molar-refractivity contribution in [3.63, 3.8) is 0 Å². The number of benzene rings is 2. The molecule has 0 spiro atoms. The molecule has 0 aromatic heterocycles. The standard InChI is InChI=1S/C20H23NO3S/c1-13-8-5-6-11-17(13)25-12-18(22)24-16(4)20(23)21-19-14(2)9-7-10-15(19)3/h5-11,16H,12H2,1-4H3,(H,21,23)/t16-/m0/s1. The molecular weight excluding hydrogens is 334 g/mol. The summed E-state index contributed by atoms with van der Waals surface area (Å²) >= 11 is 1.41. The first kappa shape index (κ1) is 19.1. The number of hydrogen-bond acceptors (Lipinski definition) is 4. The summed E-state index contributed by atoms with van der Waals surface area (Å²) in [5.74, 6) is -0.560. The van der Waals surface area contributed by atoms with Gasteiger partial charge in [0.1, 0.15) is 0 Å². The Labute approximate surface area is 153 Å². The second kappa shape index (κ2) is 8.72. The molecular formula is C20H23NO3S. The maximum absolute atomic E-state index is 12.3. The van der Waals surface area contributed by atoms with Crippen molar-refractivity contribution >= 4 is 29.3 Å². The van der Waals surface area contributed by atoms with Gasteiger partial charge in [-0.1, -0.05) is 36.4 Å². The Morgan fingerprint density at radius 2 is 1.60 bits per heavy atom. The number of anilines is 1. The van der Waals surface area contributed by atoms with Gasteiger partial charge in [0.2, 0.25) is 0 Å². The highest BCUT2D eigenvalue weighted by Gasteiger charge is 2.19. The van der Waals surface area contributed by atoms with Crippen molar-refractivity contribution in [2.24, 2.45) is 0 Å². The molecule has 5 heteroatoms. The van der Waals surface area contributed by atoms with Gasteiger partial charge in [-0.3, -0.25) is 9.59 Å². The number of carbonyl (C=O) groups is 2. The van der Waals surface area contributed by atoms with Crippen LogP contribution in [0.25, 0.3) is 0 Å². The minimum absolute atomic E-state index is 0.172. The highest BCUT2D eigenvalue weighted by atomic mass is 32.2. The van der Waals surface area contributed by atoms with Gasteiger partial charge >= 0.3 is 5.97 Å². The fraction of sp³-hybridized carbons (Fsp3) is 0.300. The zero-order chi connectivity index (χ0) is 18.4. The number of rotatable bonds is 6. The molecule has 0 radical (unpaired) electrons. The van der Waals surface area contributed by atoms with Crippen LogP contribution in [-0.2, 0) is 14.3 Å². The lowest BCUT2D eigenvalue weighted by Crippen LogP contribution is -2.31. The van der Waals surface area contributed by atoms with E-state index >= 15 is 0 Å². The maximum Gasteiger partial charge on any atom is 0.317 e. The molecule has 1 atom stereocenters. The third-order valence-electron chi connectivity index (χ3n) is 3.85. The molecule has 1 amide bonds. The molecule has 25 heavy (non-hydrogen) atoms. The van der Waals surface area contributed by atoms with Crippen LogP contribution in [0.15, 0.2) is 47.4 Å². The highest BCUT2D eigenvalue weighted by molar-refractivity contribution is 8.00. The summed E-state index contributed by atoms with van der Waals surface area (Å²) in [7, 11) is 0. The van der Waals surface area contributed by atoms with E-state index < -0.39 is 12.1 Å². The number of amides is 1. The van der Waals surface area contributed by atoms with E-state index in [1.54, 1.807) is 6.92 Å². The Morgan fingerprint density at radius 1 is 1.00 bits per heavy atom. The van der Waals surface area contributed by atoms with Gasteiger partial charge in [-0.2, -0.15) is 0 Å². The monoisotopic (exact) mass is 357 g/mol. The summed E-state index contributed by atoms with van der Waals surface area (Å²) in [5.41, 5.74) is 3.83. The topological polar surface area (TPSA) is 55.4 Å². The first-order chi connectivity index (χ1) is 11.9. The van der Waals surface area contributed by atoms with E-state index in [4.69, 9.17) is 4.74 Å². The van der Waals surface area contributed by atoms with Crippen LogP contribution in [-0.4, -0.2) is 23.7 Å². The van der Waals surface area contributed by atoms with E-state index in [1.807, 2.05) is 63.2 Å². The normalized spacial score (nSPS) is 11.7. The average molecular weight is 357 g/mol. The van der Waals surface area contributed by atoms with Crippen LogP contribution >= 0.6 is 11.8 Å². The van der Waals surface area contributed by atoms with Gasteiger partial charge in [0.15, 0.2) is 6.10 Å². The predicted molar refractivity (Wildman–Crippen MR) is 102 cm³/mol. The number of ether oxygens (including phenoxy) is 1. The Morgan fingerprint density at radius 3 is 2.24 bits per heavy atom. The minimum atomic E-state index is -0.844. The SMILES string of the molecule is Cc1ccccc1SCC(=O)O[C@@H](C)C(=O)Nc1c(C)cccc1C. The summed E-state index contributed by atoms with van der Waals surface area (Å²) in [6.07, 6.45) is -0.844. The third-order valence-corrected chi connectivity index (χ3v) is 4.99. The second-order valence-corrected chi connectivity index (χ2v) is 6.96. The van der Waals surface area contributed by atoms with Gasteiger partial charge in [-0.05, 0) is 50.5 Å². The lowest BCUT2D eigenvalue weighted by Gasteiger charge is -2.16. The number of aryl methyl sites for hydroxylation is 3. The highest BCUT2D eigenvalue weighted by Crippen LogP contribution is 2.22. The van der Waals surface area contributed by atoms with Crippen molar-refractivity contribution in [3.05, 3.63) is 59.2 Å². The van der Waals surface area contributed by atoms with Gasteiger partial charge < -0.3 is 10.1 Å². The maximum atomic E-state index is 12.3. The van der Waals surface area contributed by atoms with Crippen molar-refractivity contribution in [1.82, 2.24) is 0 Å². The molecule has 0 saturated heterocycles. The van der Waals surface area contributed by atoms with E-state index in [1.165, 1.54) is 11.8 Å². The molecule has 4 nitrogen and oxygen atoms in total. The number of carbonyl (C=O) groups excluding carboxylic acids is 2. The molecule has 0 bridgehead atoms. The Bertz CT molecular complexity index is 753. The molecule has 0 saturated carbocycles. The molecule has 0 aliphatic heterocycles. The van der Waals surface area contributed by atoms with Crippen LogP contribution in [0.4, 0.5) is 5.69 Å². The molecule has 132 valence electrons. The van der Waals surface area contributed by atoms with Crippen molar-refractivity contribution in [3.8, 4) is 0 Å². The van der Waals surface area contributed by atoms with Crippen LogP contribution in [0.5, 0.6) is 0 Å². The fourth-order valence-electron chi connectivity index (χ4n) is 2.38. The molecule has 0 fully saturated rings. The number of thioether (sulfide) groups is 1. The first-order valence-electron chi connectivity index (χ1n) is 8.13. The quantitative estimate of drug-likeness (QED) is 0.619. The van der Waals surface area contributed by atoms with Gasteiger partial charge in [0.05, 0.1) is 5.75 Å². The van der Waals surface area contributed by atoms with E-state index in [-0.39, 0.29) is 11.7 Å². The van der Waals surface area contributed by atoms with Crippen LogP contribution in [0, 0.1) is 20.8 Å². The van der Waals surface area contributed by atoms with E-state index in [0.29, 0.717) is 0 Å². The summed E-state index contributed by atoms with van der Waals surface area (Å²) in [4.78, 5) is 25.3. The van der Waals surface area contributed by atoms with Crippen molar-refractivity contribution in [2.75, 3.05) is 11.1 Å². The summed E-state index contributed by atoms with van der Waals surface area (Å²) < 4.78 is 5.25. The molecule has 2 aromatic carbocycles. The zero-order valence-corrected chi connectivity index (χ0v) is 15.8. The third kappa shape index (κ3) is 5.36. The van der Waals surface area contributed by atoms with Crippen molar-refractivity contribution < 1.29 is 14.3 Å². The van der Waals surface area contributed by atoms with Crippen LogP contribution in [0.3, 0.4) is 0 Å². The number of para-hydroxylation sites is 1. The van der Waals surface area contributed by atoms with Crippen molar-refractivity contribution in [2.45, 2.75) is 38.7 Å².